The van der Waals surface area contributed by atoms with Crippen LogP contribution in [0.25, 0.3) is 0 Å². The van der Waals surface area contributed by atoms with Gasteiger partial charge in [-0.15, -0.1) is 11.3 Å². The van der Waals surface area contributed by atoms with Crippen LogP contribution in [-0.2, 0) is 10.0 Å². The van der Waals surface area contributed by atoms with E-state index in [1.807, 2.05) is 6.92 Å². The van der Waals surface area contributed by atoms with Gasteiger partial charge >= 0.3 is 0 Å². The van der Waals surface area contributed by atoms with Crippen LogP contribution in [0, 0.1) is 5.92 Å². The quantitative estimate of drug-likeness (QED) is 0.499. The Morgan fingerprint density at radius 2 is 2.19 bits per heavy atom. The zero-order chi connectivity index (χ0) is 20.0. The van der Waals surface area contributed by atoms with E-state index in [2.05, 4.69) is 41.3 Å². The van der Waals surface area contributed by atoms with Crippen LogP contribution < -0.4 is 10.6 Å². The number of likely N-dealkylation sites (tertiary alicyclic amines) is 1. The first kappa shape index (κ1) is 22.1. The second-order valence-electron chi connectivity index (χ2n) is 7.30. The molecule has 2 atom stereocenters. The number of guanidine groups is 1. The first-order chi connectivity index (χ1) is 12.8. The third-order valence-corrected chi connectivity index (χ3v) is 8.11. The van der Waals surface area contributed by atoms with Gasteiger partial charge in [-0.05, 0) is 38.1 Å². The van der Waals surface area contributed by atoms with E-state index in [9.17, 15) is 8.42 Å². The Morgan fingerprint density at radius 1 is 1.44 bits per heavy atom. The molecule has 2 heterocycles. The second kappa shape index (κ2) is 9.86. The van der Waals surface area contributed by atoms with Gasteiger partial charge in [0.15, 0.2) is 5.96 Å². The fraction of sp³-hybridized carbons (Fsp3) is 0.722. The molecule has 0 bridgehead atoms. The molecular weight excluding hydrogens is 382 g/mol. The molecule has 7 nitrogen and oxygen atoms in total. The van der Waals surface area contributed by atoms with Crippen molar-refractivity contribution in [2.75, 3.05) is 39.8 Å². The van der Waals surface area contributed by atoms with E-state index in [0.29, 0.717) is 35.3 Å². The molecule has 0 aliphatic carbocycles. The number of aliphatic imine (C=N–C) groups is 1. The van der Waals surface area contributed by atoms with E-state index < -0.39 is 10.0 Å². The van der Waals surface area contributed by atoms with Gasteiger partial charge < -0.3 is 10.6 Å². The summed E-state index contributed by atoms with van der Waals surface area (Å²) in [6.07, 6.45) is 0. The summed E-state index contributed by atoms with van der Waals surface area (Å²) in [6.45, 7) is 12.3. The Bertz CT molecular complexity index is 703. The van der Waals surface area contributed by atoms with E-state index in [1.165, 1.54) is 15.6 Å². The maximum atomic E-state index is 12.5. The number of likely N-dealkylation sites (N-methyl/N-ethyl adjacent to an activating group) is 1. The molecule has 0 amide bonds. The molecule has 1 aliphatic rings. The van der Waals surface area contributed by atoms with Crippen molar-refractivity contribution in [2.45, 2.75) is 44.0 Å². The molecular formula is C18H33N5O2S2. The third-order valence-electron chi connectivity index (χ3n) is 4.88. The van der Waals surface area contributed by atoms with Gasteiger partial charge in [-0.2, -0.15) is 4.31 Å². The zero-order valence-corrected chi connectivity index (χ0v) is 18.6. The summed E-state index contributed by atoms with van der Waals surface area (Å²) < 4.78 is 26.7. The minimum Gasteiger partial charge on any atom is -0.357 e. The molecule has 0 aromatic carbocycles. The molecule has 1 aliphatic heterocycles. The van der Waals surface area contributed by atoms with E-state index in [1.54, 1.807) is 24.6 Å². The summed E-state index contributed by atoms with van der Waals surface area (Å²) in [4.78, 5) is 7.05. The predicted octanol–water partition coefficient (Wildman–Crippen LogP) is 1.65. The lowest BCUT2D eigenvalue weighted by Gasteiger charge is -2.22. The van der Waals surface area contributed by atoms with Gasteiger partial charge in [-0.3, -0.25) is 9.89 Å². The summed E-state index contributed by atoms with van der Waals surface area (Å²) in [5, 5.41) is 8.56. The summed E-state index contributed by atoms with van der Waals surface area (Å²) in [5.74, 6) is 1.29. The maximum Gasteiger partial charge on any atom is 0.252 e. The van der Waals surface area contributed by atoms with Gasteiger partial charge in [-0.25, -0.2) is 8.42 Å². The highest BCUT2D eigenvalue weighted by atomic mass is 32.2. The van der Waals surface area contributed by atoms with Crippen molar-refractivity contribution < 1.29 is 8.42 Å². The number of hydrogen-bond acceptors (Lipinski definition) is 5. The monoisotopic (exact) mass is 415 g/mol. The topological polar surface area (TPSA) is 77.0 Å². The van der Waals surface area contributed by atoms with Gasteiger partial charge in [-0.1, -0.05) is 13.0 Å². The largest absolute Gasteiger partial charge is 0.357 e. The standard InChI is InChI=1S/C18H33N5O2S2/c1-6-19-18(21-16-13-23(14(2)3)12-15(16)4)20-9-10-22(5)27(24,25)17-8-7-11-26-17/h7-8,11,14-16H,6,9-10,12-13H2,1-5H3,(H2,19,20,21). The Hall–Kier alpha value is -1.16. The molecule has 2 N–H and O–H groups in total. The lowest BCUT2D eigenvalue weighted by molar-refractivity contribution is 0.265. The number of hydrogen-bond donors (Lipinski definition) is 2. The lowest BCUT2D eigenvalue weighted by atomic mass is 10.1. The second-order valence-corrected chi connectivity index (χ2v) is 10.5. The molecule has 0 spiro atoms. The van der Waals surface area contributed by atoms with Crippen molar-refractivity contribution in [1.82, 2.24) is 19.8 Å². The molecule has 1 aromatic heterocycles. The summed E-state index contributed by atoms with van der Waals surface area (Å²) in [5.41, 5.74) is 0. The van der Waals surface area contributed by atoms with Crippen LogP contribution in [0.2, 0.25) is 0 Å². The minimum absolute atomic E-state index is 0.342. The molecule has 1 saturated heterocycles. The highest BCUT2D eigenvalue weighted by Crippen LogP contribution is 2.20. The number of rotatable bonds is 8. The van der Waals surface area contributed by atoms with Crippen LogP contribution in [0.4, 0.5) is 0 Å². The lowest BCUT2D eigenvalue weighted by Crippen LogP contribution is -2.47. The number of sulfonamides is 1. The molecule has 1 fully saturated rings. The molecule has 2 rings (SSSR count). The Morgan fingerprint density at radius 3 is 2.74 bits per heavy atom. The van der Waals surface area contributed by atoms with Gasteiger partial charge in [0.2, 0.25) is 0 Å². The zero-order valence-electron chi connectivity index (χ0n) is 17.0. The molecule has 0 saturated carbocycles. The van der Waals surface area contributed by atoms with Crippen LogP contribution in [0.3, 0.4) is 0 Å². The van der Waals surface area contributed by atoms with E-state index >= 15 is 0 Å². The first-order valence-corrected chi connectivity index (χ1v) is 11.9. The fourth-order valence-electron chi connectivity index (χ4n) is 3.10. The average Bonchev–Trinajstić information content (AvgIpc) is 3.26. The van der Waals surface area contributed by atoms with E-state index in [0.717, 1.165) is 25.6 Å². The molecule has 1 aromatic rings. The van der Waals surface area contributed by atoms with Crippen LogP contribution in [0.1, 0.15) is 27.7 Å². The van der Waals surface area contributed by atoms with Gasteiger partial charge in [0.25, 0.3) is 10.0 Å². The smallest absolute Gasteiger partial charge is 0.252 e. The van der Waals surface area contributed by atoms with Gasteiger partial charge in [0.1, 0.15) is 4.21 Å². The van der Waals surface area contributed by atoms with Crippen LogP contribution in [0.5, 0.6) is 0 Å². The Labute approximate surface area is 167 Å². The summed E-state index contributed by atoms with van der Waals surface area (Å²) in [7, 11) is -1.82. The van der Waals surface area contributed by atoms with Crippen LogP contribution in [0.15, 0.2) is 26.7 Å². The van der Waals surface area contributed by atoms with Crippen LogP contribution >= 0.6 is 11.3 Å². The molecule has 154 valence electrons. The Balaban J connectivity index is 1.93. The van der Waals surface area contributed by atoms with E-state index in [4.69, 9.17) is 0 Å². The number of thiophene rings is 1. The van der Waals surface area contributed by atoms with Gasteiger partial charge in [0, 0.05) is 45.3 Å². The van der Waals surface area contributed by atoms with Crippen molar-refractivity contribution in [3.05, 3.63) is 17.5 Å². The summed E-state index contributed by atoms with van der Waals surface area (Å²) in [6, 6.07) is 4.26. The van der Waals surface area contributed by atoms with Gasteiger partial charge in [0.05, 0.1) is 6.54 Å². The third kappa shape index (κ3) is 5.91. The molecule has 2 unspecified atom stereocenters. The molecule has 9 heteroatoms. The normalized spacial score (nSPS) is 22.0. The SMILES string of the molecule is CCNC(=NCCN(C)S(=O)(=O)c1cccs1)NC1CN(C(C)C)CC1C. The maximum absolute atomic E-state index is 12.5. The van der Waals surface area contributed by atoms with E-state index in [-0.39, 0.29) is 0 Å². The van der Waals surface area contributed by atoms with Crippen molar-refractivity contribution >= 4 is 27.3 Å². The summed E-state index contributed by atoms with van der Waals surface area (Å²) >= 11 is 1.24. The fourth-order valence-corrected chi connectivity index (χ4v) is 5.46. The van der Waals surface area contributed by atoms with Crippen molar-refractivity contribution in [2.24, 2.45) is 10.9 Å². The molecule has 0 radical (unpaired) electrons. The number of nitrogens with one attached hydrogen (secondary N) is 2. The highest BCUT2D eigenvalue weighted by molar-refractivity contribution is 7.91. The van der Waals surface area contributed by atoms with Crippen molar-refractivity contribution in [3.63, 3.8) is 0 Å². The molecule has 27 heavy (non-hydrogen) atoms. The first-order valence-electron chi connectivity index (χ1n) is 9.54. The average molecular weight is 416 g/mol. The highest BCUT2D eigenvalue weighted by Gasteiger charge is 2.31. The van der Waals surface area contributed by atoms with Crippen LogP contribution in [-0.4, -0.2) is 75.4 Å². The van der Waals surface area contributed by atoms with Crippen molar-refractivity contribution in [3.8, 4) is 0 Å². The number of nitrogens with zero attached hydrogens (tertiary/aromatic N) is 3. The minimum atomic E-state index is -3.42. The Kier molecular flexibility index (Phi) is 8.08. The van der Waals surface area contributed by atoms with Crippen molar-refractivity contribution in [1.29, 1.82) is 0 Å². The predicted molar refractivity (Wildman–Crippen MR) is 113 cm³/mol.